The van der Waals surface area contributed by atoms with Crippen molar-refractivity contribution in [3.63, 3.8) is 0 Å². The second-order valence-corrected chi connectivity index (χ2v) is 6.68. The van der Waals surface area contributed by atoms with E-state index in [-0.39, 0.29) is 0 Å². The summed E-state index contributed by atoms with van der Waals surface area (Å²) in [5.74, 6) is 0. The summed E-state index contributed by atoms with van der Waals surface area (Å²) in [5.41, 5.74) is 1.62. The lowest BCUT2D eigenvalue weighted by molar-refractivity contribution is 0.198. The molecule has 114 valence electrons. The van der Waals surface area contributed by atoms with Crippen LogP contribution in [0.25, 0.3) is 0 Å². The molecule has 1 aromatic heterocycles. The Balaban J connectivity index is 1.64. The number of thiazole rings is 1. The van der Waals surface area contributed by atoms with Crippen LogP contribution in [0.2, 0.25) is 5.02 Å². The van der Waals surface area contributed by atoms with Crippen molar-refractivity contribution in [1.29, 1.82) is 5.26 Å². The van der Waals surface area contributed by atoms with Gasteiger partial charge in [-0.2, -0.15) is 5.26 Å². The first-order chi connectivity index (χ1) is 10.7. The molecule has 0 amide bonds. The van der Waals surface area contributed by atoms with Crippen LogP contribution in [0.1, 0.15) is 23.5 Å². The van der Waals surface area contributed by atoms with E-state index in [1.807, 2.05) is 23.7 Å². The highest BCUT2D eigenvalue weighted by Gasteiger charge is 2.23. The van der Waals surface area contributed by atoms with Gasteiger partial charge < -0.3 is 4.90 Å². The average molecular weight is 333 g/mol. The molecule has 0 bridgehead atoms. The monoisotopic (exact) mass is 332 g/mol. The second-order valence-electron chi connectivity index (χ2n) is 5.35. The van der Waals surface area contributed by atoms with Crippen molar-refractivity contribution in [2.75, 3.05) is 31.1 Å². The van der Waals surface area contributed by atoms with Gasteiger partial charge >= 0.3 is 0 Å². The predicted octanol–water partition coefficient (Wildman–Crippen LogP) is 3.55. The number of hydrogen-bond donors (Lipinski definition) is 0. The summed E-state index contributed by atoms with van der Waals surface area (Å²) in [6, 6.07) is 8.13. The molecular formula is C16H17ClN4S. The van der Waals surface area contributed by atoms with Crippen LogP contribution in [-0.2, 0) is 0 Å². The summed E-state index contributed by atoms with van der Waals surface area (Å²) >= 11 is 7.84. The standard InChI is InChI=1S/C16H17ClN4S/c1-12(16-19-4-9-22-16)20-5-7-21(8-6-20)14-3-2-13(11-18)15(17)10-14/h2-4,9-10,12H,5-8H2,1H3. The zero-order chi connectivity index (χ0) is 15.5. The summed E-state index contributed by atoms with van der Waals surface area (Å²) in [5, 5.41) is 12.7. The molecular weight excluding hydrogens is 316 g/mol. The molecule has 0 radical (unpaired) electrons. The summed E-state index contributed by atoms with van der Waals surface area (Å²) in [4.78, 5) is 9.19. The number of nitrogens with zero attached hydrogens (tertiary/aromatic N) is 4. The third kappa shape index (κ3) is 3.09. The number of hydrogen-bond acceptors (Lipinski definition) is 5. The fourth-order valence-corrected chi connectivity index (χ4v) is 3.70. The first kappa shape index (κ1) is 15.3. The molecule has 2 heterocycles. The minimum absolute atomic E-state index is 0.367. The van der Waals surface area contributed by atoms with Gasteiger partial charge in [-0.05, 0) is 25.1 Å². The fourth-order valence-electron chi connectivity index (χ4n) is 2.76. The second kappa shape index (κ2) is 6.66. The van der Waals surface area contributed by atoms with Crippen LogP contribution in [0.5, 0.6) is 0 Å². The molecule has 1 aromatic carbocycles. The van der Waals surface area contributed by atoms with Crippen molar-refractivity contribution in [3.8, 4) is 6.07 Å². The van der Waals surface area contributed by atoms with Crippen LogP contribution in [0.15, 0.2) is 29.8 Å². The van der Waals surface area contributed by atoms with Gasteiger partial charge in [0.05, 0.1) is 16.6 Å². The van der Waals surface area contributed by atoms with Gasteiger partial charge in [-0.3, -0.25) is 4.90 Å². The number of halogens is 1. The molecule has 22 heavy (non-hydrogen) atoms. The van der Waals surface area contributed by atoms with Gasteiger partial charge in [-0.25, -0.2) is 4.98 Å². The molecule has 0 N–H and O–H groups in total. The molecule has 1 unspecified atom stereocenters. The van der Waals surface area contributed by atoms with Gasteiger partial charge in [0.2, 0.25) is 0 Å². The lowest BCUT2D eigenvalue weighted by Gasteiger charge is -2.38. The van der Waals surface area contributed by atoms with Crippen molar-refractivity contribution in [1.82, 2.24) is 9.88 Å². The molecule has 3 rings (SSSR count). The van der Waals surface area contributed by atoms with Crippen molar-refractivity contribution < 1.29 is 0 Å². The molecule has 0 saturated carbocycles. The Morgan fingerprint density at radius 3 is 2.68 bits per heavy atom. The Morgan fingerprint density at radius 2 is 2.09 bits per heavy atom. The number of rotatable bonds is 3. The molecule has 1 fully saturated rings. The number of benzene rings is 1. The quantitative estimate of drug-likeness (QED) is 0.862. The maximum absolute atomic E-state index is 8.95. The minimum atomic E-state index is 0.367. The van der Waals surface area contributed by atoms with E-state index < -0.39 is 0 Å². The largest absolute Gasteiger partial charge is 0.369 e. The normalized spacial score (nSPS) is 17.2. The first-order valence-electron chi connectivity index (χ1n) is 7.27. The smallest absolute Gasteiger partial charge is 0.109 e. The summed E-state index contributed by atoms with van der Waals surface area (Å²) in [6.45, 7) is 6.12. The first-order valence-corrected chi connectivity index (χ1v) is 8.53. The highest BCUT2D eigenvalue weighted by atomic mass is 35.5. The van der Waals surface area contributed by atoms with Crippen molar-refractivity contribution in [2.24, 2.45) is 0 Å². The zero-order valence-electron chi connectivity index (χ0n) is 12.4. The molecule has 1 atom stereocenters. The average Bonchev–Trinajstić information content (AvgIpc) is 3.09. The van der Waals surface area contributed by atoms with Gasteiger partial charge in [0, 0.05) is 43.4 Å². The highest BCUT2D eigenvalue weighted by Crippen LogP contribution is 2.27. The predicted molar refractivity (Wildman–Crippen MR) is 90.5 cm³/mol. The van der Waals surface area contributed by atoms with E-state index in [0.717, 1.165) is 31.9 Å². The van der Waals surface area contributed by atoms with Gasteiger partial charge in [0.15, 0.2) is 0 Å². The van der Waals surface area contributed by atoms with Crippen molar-refractivity contribution in [3.05, 3.63) is 45.4 Å². The van der Waals surface area contributed by atoms with Crippen LogP contribution >= 0.6 is 22.9 Å². The third-order valence-electron chi connectivity index (χ3n) is 4.11. The molecule has 0 spiro atoms. The van der Waals surface area contributed by atoms with Gasteiger partial charge in [-0.15, -0.1) is 11.3 Å². The zero-order valence-corrected chi connectivity index (χ0v) is 13.9. The van der Waals surface area contributed by atoms with E-state index in [1.54, 1.807) is 17.4 Å². The fraction of sp³-hybridized carbons (Fsp3) is 0.375. The van der Waals surface area contributed by atoms with Gasteiger partial charge in [-0.1, -0.05) is 11.6 Å². The van der Waals surface area contributed by atoms with Crippen LogP contribution in [-0.4, -0.2) is 36.1 Å². The number of anilines is 1. The Kier molecular flexibility index (Phi) is 4.63. The van der Waals surface area contributed by atoms with Crippen LogP contribution in [0.3, 0.4) is 0 Å². The summed E-state index contributed by atoms with van der Waals surface area (Å²) < 4.78 is 0. The van der Waals surface area contributed by atoms with Crippen molar-refractivity contribution >= 4 is 28.6 Å². The van der Waals surface area contributed by atoms with Crippen LogP contribution in [0, 0.1) is 11.3 Å². The van der Waals surface area contributed by atoms with Gasteiger partial charge in [0.25, 0.3) is 0 Å². The Morgan fingerprint density at radius 1 is 1.32 bits per heavy atom. The topological polar surface area (TPSA) is 43.2 Å². The van der Waals surface area contributed by atoms with E-state index >= 15 is 0 Å². The van der Waals surface area contributed by atoms with Crippen molar-refractivity contribution in [2.45, 2.75) is 13.0 Å². The van der Waals surface area contributed by atoms with E-state index in [2.05, 4.69) is 27.8 Å². The molecule has 2 aromatic rings. The van der Waals surface area contributed by atoms with E-state index in [9.17, 15) is 0 Å². The Hall–Kier alpha value is -1.61. The number of nitriles is 1. The highest BCUT2D eigenvalue weighted by molar-refractivity contribution is 7.09. The molecule has 0 aliphatic carbocycles. The maximum atomic E-state index is 8.95. The van der Waals surface area contributed by atoms with E-state index in [4.69, 9.17) is 16.9 Å². The SMILES string of the molecule is CC(c1nccs1)N1CCN(c2ccc(C#N)c(Cl)c2)CC1. The molecule has 1 aliphatic heterocycles. The summed E-state index contributed by atoms with van der Waals surface area (Å²) in [6.07, 6.45) is 1.87. The maximum Gasteiger partial charge on any atom is 0.109 e. The molecule has 6 heteroatoms. The van der Waals surface area contributed by atoms with Crippen LogP contribution in [0.4, 0.5) is 5.69 Å². The number of piperazine rings is 1. The molecule has 1 saturated heterocycles. The molecule has 4 nitrogen and oxygen atoms in total. The van der Waals surface area contributed by atoms with Crippen LogP contribution < -0.4 is 4.90 Å². The molecule has 1 aliphatic rings. The lowest BCUT2D eigenvalue weighted by atomic mass is 10.1. The summed E-state index contributed by atoms with van der Waals surface area (Å²) in [7, 11) is 0. The lowest BCUT2D eigenvalue weighted by Crippen LogP contribution is -2.47. The minimum Gasteiger partial charge on any atom is -0.369 e. The van der Waals surface area contributed by atoms with Gasteiger partial charge in [0.1, 0.15) is 11.1 Å². The Labute approximate surface area is 139 Å². The third-order valence-corrected chi connectivity index (χ3v) is 5.37. The number of aromatic nitrogens is 1. The van der Waals surface area contributed by atoms with E-state index in [1.165, 1.54) is 5.01 Å². The Bertz CT molecular complexity index is 672. The van der Waals surface area contributed by atoms with E-state index in [0.29, 0.717) is 16.6 Å².